The molecule has 0 spiro atoms. The first-order valence-corrected chi connectivity index (χ1v) is 11.6. The molecule has 1 N–H and O–H groups in total. The highest BCUT2D eigenvalue weighted by molar-refractivity contribution is 6.09. The molecule has 2 aromatic rings. The van der Waals surface area contributed by atoms with Gasteiger partial charge in [0.2, 0.25) is 18.6 Å². The van der Waals surface area contributed by atoms with Crippen LogP contribution in [0.3, 0.4) is 0 Å². The van der Waals surface area contributed by atoms with E-state index >= 15 is 0 Å². The Hall–Kier alpha value is -3.06. The summed E-state index contributed by atoms with van der Waals surface area (Å²) >= 11 is 0. The van der Waals surface area contributed by atoms with Crippen molar-refractivity contribution in [1.29, 1.82) is 0 Å². The number of rotatable bonds is 5. The Morgan fingerprint density at radius 3 is 2.64 bits per heavy atom. The standard InChI is InChI=1S/C26H30N2O5/c1-17-3-5-20(13-18(17)2)28-10-7-21(25(28)30)24(29)27-15-26(8-11-31-12-9-26)19-4-6-22-23(14-19)33-16-32-22/h3-6,13-14,21H,7-12,15-16H2,1-2H3,(H,27,29). The SMILES string of the molecule is Cc1ccc(N2CCC(C(=O)NCC3(c4ccc5c(c4)OCO5)CCOCC3)C2=O)cc1C. The minimum atomic E-state index is -0.653. The van der Waals surface area contributed by atoms with E-state index in [0.717, 1.165) is 41.2 Å². The average molecular weight is 451 g/mol. The van der Waals surface area contributed by atoms with E-state index < -0.39 is 5.92 Å². The number of fused-ring (bicyclic) bond motifs is 1. The fourth-order valence-electron chi connectivity index (χ4n) is 5.01. The lowest BCUT2D eigenvalue weighted by molar-refractivity contribution is -0.132. The van der Waals surface area contributed by atoms with Crippen molar-refractivity contribution in [3.63, 3.8) is 0 Å². The Morgan fingerprint density at radius 2 is 1.85 bits per heavy atom. The first-order valence-electron chi connectivity index (χ1n) is 11.6. The van der Waals surface area contributed by atoms with Crippen molar-refractivity contribution in [3.8, 4) is 11.5 Å². The van der Waals surface area contributed by atoms with Gasteiger partial charge in [0.15, 0.2) is 11.5 Å². The number of ether oxygens (including phenoxy) is 3. The van der Waals surface area contributed by atoms with Crippen LogP contribution in [0.15, 0.2) is 36.4 Å². The third-order valence-corrected chi connectivity index (χ3v) is 7.36. The molecule has 0 bridgehead atoms. The molecule has 0 radical (unpaired) electrons. The smallest absolute Gasteiger partial charge is 0.239 e. The molecular formula is C26H30N2O5. The van der Waals surface area contributed by atoms with Crippen LogP contribution in [0, 0.1) is 19.8 Å². The number of hydrogen-bond acceptors (Lipinski definition) is 5. The summed E-state index contributed by atoms with van der Waals surface area (Å²) in [5.74, 6) is 0.505. The molecule has 2 aromatic carbocycles. The Labute approximate surface area is 194 Å². The summed E-state index contributed by atoms with van der Waals surface area (Å²) in [4.78, 5) is 27.9. The van der Waals surface area contributed by atoms with E-state index in [-0.39, 0.29) is 24.0 Å². The molecular weight excluding hydrogens is 420 g/mol. The van der Waals surface area contributed by atoms with E-state index in [1.807, 2.05) is 50.2 Å². The summed E-state index contributed by atoms with van der Waals surface area (Å²) in [6.45, 7) is 6.59. The van der Waals surface area contributed by atoms with Crippen molar-refractivity contribution in [2.45, 2.75) is 38.5 Å². The first-order chi connectivity index (χ1) is 16.0. The Morgan fingerprint density at radius 1 is 1.06 bits per heavy atom. The molecule has 0 aromatic heterocycles. The van der Waals surface area contributed by atoms with Crippen LogP contribution in [0.4, 0.5) is 5.69 Å². The third-order valence-electron chi connectivity index (χ3n) is 7.36. The highest BCUT2D eigenvalue weighted by Crippen LogP contribution is 2.40. The second-order valence-corrected chi connectivity index (χ2v) is 9.28. The summed E-state index contributed by atoms with van der Waals surface area (Å²) < 4.78 is 16.6. The number of hydrogen-bond donors (Lipinski definition) is 1. The Bertz CT molecular complexity index is 1080. The molecule has 3 heterocycles. The second kappa shape index (κ2) is 8.71. The van der Waals surface area contributed by atoms with Gasteiger partial charge in [-0.05, 0) is 74.1 Å². The lowest BCUT2D eigenvalue weighted by Crippen LogP contribution is -2.47. The van der Waals surface area contributed by atoms with Crippen molar-refractivity contribution in [1.82, 2.24) is 5.32 Å². The van der Waals surface area contributed by atoms with Gasteiger partial charge in [-0.15, -0.1) is 0 Å². The van der Waals surface area contributed by atoms with Gasteiger partial charge in [-0.25, -0.2) is 0 Å². The van der Waals surface area contributed by atoms with Crippen LogP contribution < -0.4 is 19.7 Å². The maximum absolute atomic E-state index is 13.1. The van der Waals surface area contributed by atoms with Crippen LogP contribution >= 0.6 is 0 Å². The zero-order chi connectivity index (χ0) is 23.0. The maximum Gasteiger partial charge on any atom is 0.239 e. The van der Waals surface area contributed by atoms with E-state index in [2.05, 4.69) is 5.32 Å². The second-order valence-electron chi connectivity index (χ2n) is 9.28. The molecule has 2 fully saturated rings. The van der Waals surface area contributed by atoms with Crippen molar-refractivity contribution >= 4 is 17.5 Å². The zero-order valence-electron chi connectivity index (χ0n) is 19.2. The number of carbonyl (C=O) groups is 2. The van der Waals surface area contributed by atoms with Crippen molar-refractivity contribution in [2.24, 2.45) is 5.92 Å². The minimum absolute atomic E-state index is 0.125. The van der Waals surface area contributed by atoms with Gasteiger partial charge >= 0.3 is 0 Å². The third kappa shape index (κ3) is 4.06. The first kappa shape index (κ1) is 21.8. The van der Waals surface area contributed by atoms with Gasteiger partial charge in [-0.2, -0.15) is 0 Å². The summed E-state index contributed by atoms with van der Waals surface area (Å²) in [7, 11) is 0. The molecule has 7 nitrogen and oxygen atoms in total. The zero-order valence-corrected chi connectivity index (χ0v) is 19.2. The minimum Gasteiger partial charge on any atom is -0.454 e. The van der Waals surface area contributed by atoms with Crippen LogP contribution in [0.1, 0.15) is 36.0 Å². The number of nitrogens with one attached hydrogen (secondary N) is 1. The molecule has 0 saturated carbocycles. The molecule has 3 aliphatic heterocycles. The molecule has 33 heavy (non-hydrogen) atoms. The van der Waals surface area contributed by atoms with Gasteiger partial charge in [0.1, 0.15) is 5.92 Å². The van der Waals surface area contributed by atoms with Crippen LogP contribution in [0.25, 0.3) is 0 Å². The maximum atomic E-state index is 13.1. The van der Waals surface area contributed by atoms with E-state index in [9.17, 15) is 9.59 Å². The molecule has 1 atom stereocenters. The van der Waals surface area contributed by atoms with Gasteiger partial charge in [-0.3, -0.25) is 9.59 Å². The summed E-state index contributed by atoms with van der Waals surface area (Å²) in [5.41, 5.74) is 4.03. The summed E-state index contributed by atoms with van der Waals surface area (Å²) in [6, 6.07) is 12.0. The number of anilines is 1. The molecule has 5 rings (SSSR count). The lowest BCUT2D eigenvalue weighted by atomic mass is 9.74. The van der Waals surface area contributed by atoms with E-state index in [1.165, 1.54) is 5.56 Å². The number of benzene rings is 2. The largest absolute Gasteiger partial charge is 0.454 e. The van der Waals surface area contributed by atoms with Crippen LogP contribution in [-0.2, 0) is 19.7 Å². The molecule has 3 aliphatic rings. The van der Waals surface area contributed by atoms with E-state index in [1.54, 1.807) is 4.90 Å². The molecule has 0 aliphatic carbocycles. The van der Waals surface area contributed by atoms with E-state index in [0.29, 0.717) is 32.7 Å². The summed E-state index contributed by atoms with van der Waals surface area (Å²) in [6.07, 6.45) is 2.11. The molecule has 2 amide bonds. The normalized spacial score (nSPS) is 21.3. The predicted octanol–water partition coefficient (Wildman–Crippen LogP) is 3.25. The Balaban J connectivity index is 1.29. The van der Waals surface area contributed by atoms with E-state index in [4.69, 9.17) is 14.2 Å². The number of amides is 2. The average Bonchev–Trinajstić information content (AvgIpc) is 3.46. The van der Waals surface area contributed by atoms with Gasteiger partial charge in [-0.1, -0.05) is 12.1 Å². The predicted molar refractivity (Wildman–Crippen MR) is 124 cm³/mol. The topological polar surface area (TPSA) is 77.1 Å². The van der Waals surface area contributed by atoms with Crippen LogP contribution in [-0.4, -0.2) is 44.9 Å². The number of aryl methyl sites for hydroxylation is 2. The Kier molecular flexibility index (Phi) is 5.74. The van der Waals surface area contributed by atoms with Crippen molar-refractivity contribution in [3.05, 3.63) is 53.1 Å². The van der Waals surface area contributed by atoms with Crippen molar-refractivity contribution in [2.75, 3.05) is 38.0 Å². The number of carbonyl (C=O) groups excluding carboxylic acids is 2. The van der Waals surface area contributed by atoms with Crippen molar-refractivity contribution < 1.29 is 23.8 Å². The van der Waals surface area contributed by atoms with Gasteiger partial charge < -0.3 is 24.4 Å². The number of nitrogens with zero attached hydrogens (tertiary/aromatic N) is 1. The highest BCUT2D eigenvalue weighted by atomic mass is 16.7. The summed E-state index contributed by atoms with van der Waals surface area (Å²) in [5, 5.41) is 3.11. The highest BCUT2D eigenvalue weighted by Gasteiger charge is 2.40. The van der Waals surface area contributed by atoms with Gasteiger partial charge in [0.05, 0.1) is 0 Å². The van der Waals surface area contributed by atoms with Crippen LogP contribution in [0.2, 0.25) is 0 Å². The molecule has 1 unspecified atom stereocenters. The quantitative estimate of drug-likeness (QED) is 0.708. The molecule has 7 heteroatoms. The van der Waals surface area contributed by atoms with Gasteiger partial charge in [0, 0.05) is 37.4 Å². The lowest BCUT2D eigenvalue weighted by Gasteiger charge is -2.38. The monoisotopic (exact) mass is 450 g/mol. The molecule has 2 saturated heterocycles. The molecule has 174 valence electrons. The van der Waals surface area contributed by atoms with Crippen LogP contribution in [0.5, 0.6) is 11.5 Å². The fraction of sp³-hybridized carbons (Fsp3) is 0.462. The fourth-order valence-corrected chi connectivity index (χ4v) is 5.01. The van der Waals surface area contributed by atoms with Gasteiger partial charge in [0.25, 0.3) is 0 Å².